The first-order valence-electron chi connectivity index (χ1n) is 13.7. The molecule has 14 heteroatoms. The van der Waals surface area contributed by atoms with Gasteiger partial charge < -0.3 is 15.2 Å². The Morgan fingerprint density at radius 2 is 1.88 bits per heavy atom. The number of nitrogens with one attached hydrogen (secondary N) is 1. The quantitative estimate of drug-likeness (QED) is 0.194. The number of hydroxylamine groups is 1. The molecule has 1 fully saturated rings. The van der Waals surface area contributed by atoms with Crippen molar-refractivity contribution in [1.29, 1.82) is 0 Å². The molecule has 1 aliphatic carbocycles. The Labute approximate surface area is 243 Å². The second-order valence-electron chi connectivity index (χ2n) is 10.3. The predicted octanol–water partition coefficient (Wildman–Crippen LogP) is 2.69. The van der Waals surface area contributed by atoms with Gasteiger partial charge in [0, 0.05) is 36.6 Å². The Morgan fingerprint density at radius 1 is 1.14 bits per heavy atom. The fraction of sp³-hybridized carbons (Fsp3) is 0.429. The van der Waals surface area contributed by atoms with E-state index < -0.39 is 15.4 Å². The number of aromatic nitrogens is 5. The van der Waals surface area contributed by atoms with Crippen molar-refractivity contribution in [3.63, 3.8) is 0 Å². The number of nitrogens with zero attached hydrogens (tertiary/aromatic N) is 5. The minimum atomic E-state index is -3.78. The zero-order valence-corrected chi connectivity index (χ0v) is 24.6. The van der Waals surface area contributed by atoms with Crippen molar-refractivity contribution in [2.24, 2.45) is 0 Å². The number of carbonyl (C=O) groups excluding carboxylic acids is 1. The zero-order chi connectivity index (χ0) is 29.9. The largest absolute Gasteiger partial charge is 0.382 e. The van der Waals surface area contributed by atoms with Crippen molar-refractivity contribution in [3.05, 3.63) is 54.6 Å². The maximum atomic E-state index is 13.1. The van der Waals surface area contributed by atoms with Gasteiger partial charge in [0.1, 0.15) is 16.3 Å². The first kappa shape index (κ1) is 29.6. The number of ether oxygens (including phenoxy) is 2. The number of hydrogen-bond acceptors (Lipinski definition) is 10. The normalized spacial score (nSPS) is 19.3. The van der Waals surface area contributed by atoms with E-state index in [-0.39, 0.29) is 29.1 Å². The molecule has 1 aliphatic rings. The number of nitrogen functional groups attached to an aromatic ring is 1. The second-order valence-corrected chi connectivity index (χ2v) is 12.2. The number of carbonyl (C=O) groups is 1. The third-order valence-corrected chi connectivity index (χ3v) is 8.68. The Morgan fingerprint density at radius 3 is 2.55 bits per heavy atom. The predicted molar refractivity (Wildman–Crippen MR) is 155 cm³/mol. The van der Waals surface area contributed by atoms with Gasteiger partial charge in [-0.15, -0.1) is 0 Å². The lowest BCUT2D eigenvalue weighted by molar-refractivity contribution is -0.167. The molecule has 0 radical (unpaired) electrons. The first-order chi connectivity index (χ1) is 20.2. The van der Waals surface area contributed by atoms with E-state index in [4.69, 9.17) is 25.0 Å². The standard InChI is InChI=1S/C28H35N7O6S/c1-4-41-33-27(36)28(40-15-14-39-2)12-10-19(11-13-28)23-24(42(3,37)38)25(29)35-26(32-23)22(17-31-35)20-16-30-34(18-20)21-8-6-5-7-9-21/h5-9,16-19H,4,10-15,29H2,1-3H3,(H,33,36)/t19-,28+. The molecule has 0 spiro atoms. The van der Waals surface area contributed by atoms with Crippen LogP contribution in [0.4, 0.5) is 5.82 Å². The lowest BCUT2D eigenvalue weighted by atomic mass is 9.76. The van der Waals surface area contributed by atoms with Crippen LogP contribution in [-0.2, 0) is 28.9 Å². The molecule has 3 aromatic heterocycles. The average Bonchev–Trinajstić information content (AvgIpc) is 3.64. The summed E-state index contributed by atoms with van der Waals surface area (Å²) in [4.78, 5) is 23.1. The molecule has 1 amide bonds. The third kappa shape index (κ3) is 5.75. The molecule has 13 nitrogen and oxygen atoms in total. The Bertz CT molecular complexity index is 1660. The van der Waals surface area contributed by atoms with Gasteiger partial charge in [-0.05, 0) is 44.7 Å². The van der Waals surface area contributed by atoms with Gasteiger partial charge >= 0.3 is 0 Å². The van der Waals surface area contributed by atoms with Crippen LogP contribution >= 0.6 is 0 Å². The van der Waals surface area contributed by atoms with Gasteiger partial charge in [0.25, 0.3) is 5.91 Å². The van der Waals surface area contributed by atoms with Gasteiger partial charge in [0.05, 0.1) is 43.6 Å². The molecule has 0 atom stereocenters. The van der Waals surface area contributed by atoms with Gasteiger partial charge in [-0.2, -0.15) is 14.7 Å². The van der Waals surface area contributed by atoms with Gasteiger partial charge in [-0.1, -0.05) is 18.2 Å². The van der Waals surface area contributed by atoms with Crippen molar-refractivity contribution < 1.29 is 27.5 Å². The third-order valence-electron chi connectivity index (χ3n) is 7.52. The molecule has 0 unspecified atom stereocenters. The van der Waals surface area contributed by atoms with Crippen LogP contribution in [-0.4, -0.2) is 77.5 Å². The van der Waals surface area contributed by atoms with Crippen molar-refractivity contribution >= 4 is 27.2 Å². The number of hydrogen-bond donors (Lipinski definition) is 2. The van der Waals surface area contributed by atoms with E-state index in [0.717, 1.165) is 17.5 Å². The average molecular weight is 598 g/mol. The van der Waals surface area contributed by atoms with Crippen LogP contribution in [0.2, 0.25) is 0 Å². The molecular weight excluding hydrogens is 562 g/mol. The van der Waals surface area contributed by atoms with Gasteiger partial charge in [-0.25, -0.2) is 23.6 Å². The van der Waals surface area contributed by atoms with Crippen molar-refractivity contribution in [2.75, 3.05) is 38.9 Å². The summed E-state index contributed by atoms with van der Waals surface area (Å²) < 4.78 is 40.3. The van der Waals surface area contributed by atoms with Gasteiger partial charge in [-0.3, -0.25) is 9.63 Å². The number of methoxy groups -OCH3 is 1. The number of amides is 1. The van der Waals surface area contributed by atoms with E-state index in [1.807, 2.05) is 36.5 Å². The zero-order valence-electron chi connectivity index (χ0n) is 23.8. The summed E-state index contributed by atoms with van der Waals surface area (Å²) in [5.74, 6) is -0.684. The first-order valence-corrected chi connectivity index (χ1v) is 15.6. The highest BCUT2D eigenvalue weighted by molar-refractivity contribution is 7.91. The smallest absolute Gasteiger partial charge is 0.275 e. The lowest BCUT2D eigenvalue weighted by Crippen LogP contribution is -2.51. The molecule has 0 aliphatic heterocycles. The van der Waals surface area contributed by atoms with Crippen LogP contribution < -0.4 is 11.2 Å². The van der Waals surface area contributed by atoms with E-state index in [1.54, 1.807) is 31.1 Å². The van der Waals surface area contributed by atoms with Crippen LogP contribution in [0.1, 0.15) is 44.2 Å². The fourth-order valence-electron chi connectivity index (χ4n) is 5.41. The monoisotopic (exact) mass is 597 g/mol. The van der Waals surface area contributed by atoms with E-state index >= 15 is 0 Å². The molecule has 1 saturated carbocycles. The maximum Gasteiger partial charge on any atom is 0.275 e. The number of benzene rings is 1. The number of fused-ring (bicyclic) bond motifs is 1. The molecule has 224 valence electrons. The van der Waals surface area contributed by atoms with E-state index in [1.165, 1.54) is 4.52 Å². The Kier molecular flexibility index (Phi) is 8.59. The molecule has 42 heavy (non-hydrogen) atoms. The summed E-state index contributed by atoms with van der Waals surface area (Å²) in [7, 11) is -2.22. The van der Waals surface area contributed by atoms with Crippen LogP contribution in [0.15, 0.2) is 53.8 Å². The lowest BCUT2D eigenvalue weighted by Gasteiger charge is -2.38. The maximum absolute atomic E-state index is 13.1. The van der Waals surface area contributed by atoms with Gasteiger partial charge in [0.2, 0.25) is 0 Å². The molecular formula is C28H35N7O6S. The molecule has 4 aromatic rings. The van der Waals surface area contributed by atoms with E-state index in [0.29, 0.717) is 55.8 Å². The molecule has 0 saturated heterocycles. The number of sulfone groups is 1. The fourth-order valence-corrected chi connectivity index (χ4v) is 6.47. The summed E-state index contributed by atoms with van der Waals surface area (Å²) in [5, 5.41) is 8.86. The number of rotatable bonds is 11. The van der Waals surface area contributed by atoms with Crippen LogP contribution in [0.25, 0.3) is 22.5 Å². The van der Waals surface area contributed by atoms with Crippen LogP contribution in [0.3, 0.4) is 0 Å². The minimum Gasteiger partial charge on any atom is -0.382 e. The Balaban J connectivity index is 1.52. The molecule has 5 rings (SSSR count). The highest BCUT2D eigenvalue weighted by Crippen LogP contribution is 2.43. The van der Waals surface area contributed by atoms with E-state index in [9.17, 15) is 13.2 Å². The van der Waals surface area contributed by atoms with Crippen molar-refractivity contribution in [3.8, 4) is 16.8 Å². The highest BCUT2D eigenvalue weighted by Gasteiger charge is 2.45. The number of para-hydroxylation sites is 1. The van der Waals surface area contributed by atoms with Crippen LogP contribution in [0, 0.1) is 0 Å². The summed E-state index contributed by atoms with van der Waals surface area (Å²) in [6.07, 6.45) is 7.81. The van der Waals surface area contributed by atoms with Crippen LogP contribution in [0.5, 0.6) is 0 Å². The summed E-state index contributed by atoms with van der Waals surface area (Å²) in [6.45, 7) is 2.63. The van der Waals surface area contributed by atoms with Gasteiger partial charge in [0.15, 0.2) is 15.5 Å². The molecule has 3 N–H and O–H groups in total. The SMILES string of the molecule is CCONC(=O)[C@]1(OCCOC)CC[C@@H](c2nc3c(-c4cnn(-c5ccccc5)c4)cnn3c(N)c2S(C)(=O)=O)CC1. The van der Waals surface area contributed by atoms with Crippen molar-refractivity contribution in [1.82, 2.24) is 29.9 Å². The summed E-state index contributed by atoms with van der Waals surface area (Å²) in [6, 6.07) is 9.66. The molecule has 1 aromatic carbocycles. The summed E-state index contributed by atoms with van der Waals surface area (Å²) in [5.41, 5.74) is 10.9. The summed E-state index contributed by atoms with van der Waals surface area (Å²) >= 11 is 0. The molecule has 0 bridgehead atoms. The second kappa shape index (κ2) is 12.2. The topological polar surface area (TPSA) is 165 Å². The number of nitrogens with two attached hydrogens (primary N) is 1. The van der Waals surface area contributed by atoms with Crippen molar-refractivity contribution in [2.45, 2.75) is 49.0 Å². The number of anilines is 1. The minimum absolute atomic E-state index is 0.0125. The molecule has 3 heterocycles. The Hall–Kier alpha value is -3.85. The highest BCUT2D eigenvalue weighted by atomic mass is 32.2. The van der Waals surface area contributed by atoms with E-state index in [2.05, 4.69) is 15.7 Å².